The van der Waals surface area contributed by atoms with Crippen molar-refractivity contribution in [2.75, 3.05) is 13.7 Å². The van der Waals surface area contributed by atoms with Crippen molar-refractivity contribution in [3.8, 4) is 5.75 Å². The largest absolute Gasteiger partial charge is 0.497 e. The van der Waals surface area contributed by atoms with Gasteiger partial charge in [-0.15, -0.1) is 0 Å². The van der Waals surface area contributed by atoms with Crippen LogP contribution in [0.5, 0.6) is 5.75 Å². The number of hydrogen-bond acceptors (Lipinski definition) is 6. The van der Waals surface area contributed by atoms with Crippen LogP contribution in [-0.4, -0.2) is 42.1 Å². The Hall–Kier alpha value is -3.06. The van der Waals surface area contributed by atoms with Crippen LogP contribution in [0.15, 0.2) is 42.7 Å². The zero-order valence-electron chi connectivity index (χ0n) is 21.0. The number of fused-ring (bicyclic) bond motifs is 5. The van der Waals surface area contributed by atoms with E-state index in [9.17, 15) is 9.59 Å². The number of nitrogens with zero attached hydrogens (tertiary/aromatic N) is 2. The number of piperidine rings is 1. The van der Waals surface area contributed by atoms with Crippen LogP contribution in [0, 0.1) is 17.3 Å². The summed E-state index contributed by atoms with van der Waals surface area (Å²) in [6.45, 7) is 7.08. The molecule has 2 heterocycles. The highest BCUT2D eigenvalue weighted by Crippen LogP contribution is 2.58. The number of carbonyl (C=O) groups is 3. The molecule has 4 atom stereocenters. The lowest BCUT2D eigenvalue weighted by atomic mass is 9.52. The molecule has 2 fully saturated rings. The molecule has 35 heavy (non-hydrogen) atoms. The molecule has 3 unspecified atom stereocenters. The molecule has 1 saturated carbocycles. The number of benzene rings is 1. The average molecular weight is 480 g/mol. The summed E-state index contributed by atoms with van der Waals surface area (Å²) in [6.07, 6.45) is 7.76. The summed E-state index contributed by atoms with van der Waals surface area (Å²) >= 11 is 0. The van der Waals surface area contributed by atoms with Gasteiger partial charge in [0.2, 0.25) is 11.8 Å². The normalized spacial score (nSPS) is 26.6. The molecule has 3 aliphatic rings. The number of likely N-dealkylation sites (tertiary alicyclic amines) is 1. The maximum atomic E-state index is 13.6. The van der Waals surface area contributed by atoms with Crippen LogP contribution >= 0.6 is 0 Å². The second-order valence-electron chi connectivity index (χ2n) is 9.70. The zero-order valence-corrected chi connectivity index (χ0v) is 21.0. The number of amides is 2. The zero-order chi connectivity index (χ0) is 25.6. The molecule has 2 aromatic rings. The van der Waals surface area contributed by atoms with Gasteiger partial charge in [-0.05, 0) is 84.9 Å². The Balaban J connectivity index is 0.000000638. The number of aromatic nitrogens is 1. The summed E-state index contributed by atoms with van der Waals surface area (Å²) in [7, 11) is 1.70. The van der Waals surface area contributed by atoms with Crippen molar-refractivity contribution in [1.82, 2.24) is 9.88 Å². The van der Waals surface area contributed by atoms with Crippen molar-refractivity contribution in [2.24, 2.45) is 23.0 Å². The van der Waals surface area contributed by atoms with Gasteiger partial charge in [-0.25, -0.2) is 0 Å². The van der Waals surface area contributed by atoms with Crippen LogP contribution in [-0.2, 0) is 27.3 Å². The number of ether oxygens (including phenoxy) is 1. The Labute approximate surface area is 208 Å². The van der Waals surface area contributed by atoms with E-state index in [1.807, 2.05) is 31.9 Å². The fourth-order valence-electron chi connectivity index (χ4n) is 6.20. The van der Waals surface area contributed by atoms with Crippen LogP contribution < -0.4 is 10.5 Å². The van der Waals surface area contributed by atoms with Crippen LogP contribution in [0.4, 0.5) is 0 Å². The van der Waals surface area contributed by atoms with Crippen LogP contribution in [0.2, 0.25) is 0 Å². The van der Waals surface area contributed by atoms with E-state index >= 15 is 0 Å². The topological polar surface area (TPSA) is 103 Å². The van der Waals surface area contributed by atoms with Crippen molar-refractivity contribution in [2.45, 2.75) is 58.4 Å². The van der Waals surface area contributed by atoms with Gasteiger partial charge in [-0.2, -0.15) is 0 Å². The third kappa shape index (κ3) is 5.15. The highest BCUT2D eigenvalue weighted by molar-refractivity contribution is 6.01. The first kappa shape index (κ1) is 26.5. The number of methoxy groups -OCH3 is 1. The minimum absolute atomic E-state index is 0.00609. The van der Waals surface area contributed by atoms with Gasteiger partial charge in [-0.3, -0.25) is 19.5 Å². The predicted molar refractivity (Wildman–Crippen MR) is 135 cm³/mol. The van der Waals surface area contributed by atoms with E-state index in [1.165, 1.54) is 16.0 Å². The first-order chi connectivity index (χ1) is 16.9. The van der Waals surface area contributed by atoms with E-state index in [0.29, 0.717) is 24.8 Å². The molecule has 1 aromatic heterocycles. The number of carbonyl (C=O) groups excluding carboxylic acids is 3. The minimum atomic E-state index is -0.457. The molecule has 1 aromatic carbocycles. The van der Waals surface area contributed by atoms with Gasteiger partial charge < -0.3 is 15.3 Å². The van der Waals surface area contributed by atoms with E-state index in [-0.39, 0.29) is 17.7 Å². The molecular weight excluding hydrogens is 442 g/mol. The summed E-state index contributed by atoms with van der Waals surface area (Å²) in [5.41, 5.74) is 8.05. The van der Waals surface area contributed by atoms with Gasteiger partial charge in [0.05, 0.1) is 19.1 Å². The number of aryl methyl sites for hydroxylation is 1. The number of hydrogen-bond donors (Lipinski definition) is 1. The van der Waals surface area contributed by atoms with Crippen LogP contribution in [0.25, 0.3) is 0 Å². The summed E-state index contributed by atoms with van der Waals surface area (Å²) in [4.78, 5) is 40.3. The third-order valence-electron chi connectivity index (χ3n) is 7.82. The maximum Gasteiger partial charge on any atom is 0.235 e. The van der Waals surface area contributed by atoms with Crippen molar-refractivity contribution in [3.63, 3.8) is 0 Å². The smallest absolute Gasteiger partial charge is 0.235 e. The Morgan fingerprint density at radius 2 is 1.97 bits per heavy atom. The summed E-state index contributed by atoms with van der Waals surface area (Å²) in [5, 5.41) is 0. The molecule has 7 heteroatoms. The quantitative estimate of drug-likeness (QED) is 0.670. The van der Waals surface area contributed by atoms with Crippen LogP contribution in [0.3, 0.4) is 0 Å². The third-order valence-corrected chi connectivity index (χ3v) is 7.82. The lowest BCUT2D eigenvalue weighted by Crippen LogP contribution is -2.58. The predicted octanol–water partition coefficient (Wildman–Crippen LogP) is 3.89. The van der Waals surface area contributed by atoms with Crippen molar-refractivity contribution < 1.29 is 19.1 Å². The Bertz CT molecular complexity index is 1030. The van der Waals surface area contributed by atoms with E-state index in [0.717, 1.165) is 43.5 Å². The lowest BCUT2D eigenvalue weighted by Gasteiger charge is -2.54. The van der Waals surface area contributed by atoms with E-state index in [1.54, 1.807) is 19.5 Å². The minimum Gasteiger partial charge on any atom is -0.497 e. The molecule has 2 amide bonds. The fraction of sp³-hybridized carbons (Fsp3) is 0.500. The lowest BCUT2D eigenvalue weighted by molar-refractivity contribution is -0.168. The fourth-order valence-corrected chi connectivity index (χ4v) is 6.20. The van der Waals surface area contributed by atoms with Gasteiger partial charge in [0.25, 0.3) is 0 Å². The van der Waals surface area contributed by atoms with E-state index in [4.69, 9.17) is 15.3 Å². The van der Waals surface area contributed by atoms with Crippen molar-refractivity contribution in [3.05, 3.63) is 59.4 Å². The molecular formula is C28H37N3O4. The molecule has 188 valence electrons. The van der Waals surface area contributed by atoms with Gasteiger partial charge >= 0.3 is 0 Å². The second kappa shape index (κ2) is 11.6. The number of nitrogens with two attached hydrogens (primary N) is 1. The van der Waals surface area contributed by atoms with Crippen LogP contribution in [0.1, 0.15) is 62.1 Å². The Kier molecular flexibility index (Phi) is 8.78. The van der Waals surface area contributed by atoms with Gasteiger partial charge in [0, 0.05) is 18.8 Å². The molecule has 1 aliphatic heterocycles. The average Bonchev–Trinajstić information content (AvgIpc) is 2.89. The molecule has 0 bridgehead atoms. The monoisotopic (exact) mass is 479 g/mol. The SMILES string of the molecule is C=O.CCN.COc1ccc2c(c1)CCC1C2CC[C@]2(C)C(=O)N(Cc3cccnc3)C(=O)CC12. The van der Waals surface area contributed by atoms with Gasteiger partial charge in [0.1, 0.15) is 12.5 Å². The first-order valence-electron chi connectivity index (χ1n) is 12.3. The van der Waals surface area contributed by atoms with Crippen molar-refractivity contribution in [1.29, 1.82) is 0 Å². The summed E-state index contributed by atoms with van der Waals surface area (Å²) in [6, 6.07) is 10.2. The molecule has 7 nitrogen and oxygen atoms in total. The van der Waals surface area contributed by atoms with E-state index in [2.05, 4.69) is 24.0 Å². The molecule has 1 saturated heterocycles. The second-order valence-corrected chi connectivity index (χ2v) is 9.70. The Morgan fingerprint density at radius 1 is 1.23 bits per heavy atom. The summed E-state index contributed by atoms with van der Waals surface area (Å²) < 4.78 is 5.41. The molecule has 2 aliphatic carbocycles. The van der Waals surface area contributed by atoms with Crippen molar-refractivity contribution >= 4 is 18.6 Å². The number of imide groups is 1. The maximum absolute atomic E-state index is 13.6. The highest BCUT2D eigenvalue weighted by atomic mass is 16.5. The summed E-state index contributed by atoms with van der Waals surface area (Å²) in [5.74, 6) is 1.82. The molecule has 0 radical (unpaired) electrons. The first-order valence-corrected chi connectivity index (χ1v) is 12.3. The van der Waals surface area contributed by atoms with Gasteiger partial charge in [-0.1, -0.05) is 26.0 Å². The standard InChI is InChI=1S/C25H28N2O3.C2H7N.CH2O/c1-25-10-9-20-19-8-6-18(30-2)12-17(19)5-7-21(20)22(25)13-23(28)27(24(25)29)15-16-4-3-11-26-14-16;1-2-3;1-2/h3-4,6,8,11-12,14,20-22H,5,7,9-10,13,15H2,1-2H3;2-3H2,1H3;1H2/t20?,21?,22?,25-;;/m0../s1. The number of rotatable bonds is 3. The van der Waals surface area contributed by atoms with Gasteiger partial charge in [0.15, 0.2) is 0 Å². The molecule has 2 N–H and O–H groups in total. The number of pyridine rings is 1. The Morgan fingerprint density at radius 3 is 2.63 bits per heavy atom. The molecule has 0 spiro atoms. The van der Waals surface area contributed by atoms with E-state index < -0.39 is 5.41 Å². The highest BCUT2D eigenvalue weighted by Gasteiger charge is 2.57. The molecule has 5 rings (SSSR count).